The molecule has 5 N–H and O–H groups in total. The number of urea groups is 1. The summed E-state index contributed by atoms with van der Waals surface area (Å²) in [5.74, 6) is -1.86. The molecule has 0 aromatic carbocycles. The number of likely N-dealkylation sites (tertiary alicyclic amines) is 1. The van der Waals surface area contributed by atoms with E-state index in [-0.39, 0.29) is 30.4 Å². The number of primary amides is 1. The highest BCUT2D eigenvalue weighted by Gasteiger charge is 2.40. The zero-order valence-electron chi connectivity index (χ0n) is 26.8. The molecular formula is C29H52N6O7S. The summed E-state index contributed by atoms with van der Waals surface area (Å²) in [7, 11) is 1.57. The molecule has 0 aromatic rings. The van der Waals surface area contributed by atoms with Crippen LogP contribution >= 0.6 is 12.2 Å². The summed E-state index contributed by atoms with van der Waals surface area (Å²) in [5, 5.41) is 5.65. The summed E-state index contributed by atoms with van der Waals surface area (Å²) >= 11 is 0.883. The maximum atomic E-state index is 13.8. The number of ketones is 1. The van der Waals surface area contributed by atoms with Crippen molar-refractivity contribution in [2.24, 2.45) is 23.0 Å². The number of carbonyl (C=O) groups excluding carboxylic acids is 5. The van der Waals surface area contributed by atoms with E-state index < -0.39 is 41.3 Å². The number of Topliss-reactive ketones (excluding diaryl/α,β-unsaturated/α-hetero) is 1. The summed E-state index contributed by atoms with van der Waals surface area (Å²) in [6.45, 7) is 13.2. The lowest BCUT2D eigenvalue weighted by atomic mass is 9.85. The number of methoxy groups -OCH3 is 1. The van der Waals surface area contributed by atoms with E-state index in [9.17, 15) is 24.0 Å². The number of ether oxygens (including phenoxy) is 1. The Bertz CT molecular complexity index is 971. The molecular weight excluding hydrogens is 576 g/mol. The number of nitrogens with one attached hydrogen (secondary N) is 3. The van der Waals surface area contributed by atoms with Crippen LogP contribution in [-0.2, 0) is 28.1 Å². The summed E-state index contributed by atoms with van der Waals surface area (Å²) in [5.41, 5.74) is 4.58. The van der Waals surface area contributed by atoms with Crippen molar-refractivity contribution in [1.29, 1.82) is 0 Å². The van der Waals surface area contributed by atoms with Crippen molar-refractivity contribution in [3.05, 3.63) is 0 Å². The Morgan fingerprint density at radius 1 is 1.09 bits per heavy atom. The van der Waals surface area contributed by atoms with Crippen LogP contribution in [0.15, 0.2) is 0 Å². The molecule has 0 spiro atoms. The van der Waals surface area contributed by atoms with Gasteiger partial charge in [-0.2, -0.15) is 0 Å². The fourth-order valence-electron chi connectivity index (χ4n) is 5.04. The minimum absolute atomic E-state index is 0.174. The van der Waals surface area contributed by atoms with Crippen molar-refractivity contribution in [1.82, 2.24) is 25.2 Å². The fraction of sp³-hybridized carbons (Fsp3) is 0.828. The molecule has 2 fully saturated rings. The quantitative estimate of drug-likeness (QED) is 0.0761. The third kappa shape index (κ3) is 11.5. The lowest BCUT2D eigenvalue weighted by Crippen LogP contribution is -2.60. The van der Waals surface area contributed by atoms with Crippen LogP contribution in [0.25, 0.3) is 0 Å². The average molecular weight is 629 g/mol. The van der Waals surface area contributed by atoms with Gasteiger partial charge in [0.05, 0.1) is 37.5 Å². The molecule has 1 heterocycles. The first-order chi connectivity index (χ1) is 20.2. The number of likely N-dealkylation sites (N-methyl/N-ethyl adjacent to an activating group) is 1. The Morgan fingerprint density at radius 3 is 2.30 bits per heavy atom. The van der Waals surface area contributed by atoms with Gasteiger partial charge in [-0.1, -0.05) is 47.5 Å². The molecule has 1 aliphatic heterocycles. The van der Waals surface area contributed by atoms with E-state index in [2.05, 4.69) is 15.4 Å². The van der Waals surface area contributed by atoms with Crippen molar-refractivity contribution in [2.45, 2.75) is 97.8 Å². The Kier molecular flexibility index (Phi) is 14.7. The smallest absolute Gasteiger partial charge is 0.316 e. The molecule has 2 rings (SSSR count). The van der Waals surface area contributed by atoms with Gasteiger partial charge in [0.1, 0.15) is 12.1 Å². The van der Waals surface area contributed by atoms with E-state index in [1.807, 2.05) is 41.5 Å². The average Bonchev–Trinajstić information content (AvgIpc) is 3.64. The lowest BCUT2D eigenvalue weighted by molar-refractivity contribution is -0.137. The number of carbonyl (C=O) groups is 5. The van der Waals surface area contributed by atoms with Gasteiger partial charge in [0.2, 0.25) is 17.6 Å². The molecule has 1 saturated carbocycles. The van der Waals surface area contributed by atoms with Gasteiger partial charge in [-0.3, -0.25) is 23.4 Å². The fourth-order valence-corrected chi connectivity index (χ4v) is 5.65. The topological polar surface area (TPSA) is 172 Å². The maximum absolute atomic E-state index is 13.8. The predicted molar refractivity (Wildman–Crippen MR) is 164 cm³/mol. The van der Waals surface area contributed by atoms with Crippen LogP contribution in [0.5, 0.6) is 0 Å². The van der Waals surface area contributed by atoms with Crippen LogP contribution in [0.3, 0.4) is 0 Å². The van der Waals surface area contributed by atoms with Crippen LogP contribution < -0.4 is 21.1 Å². The largest absolute Gasteiger partial charge is 0.383 e. The van der Waals surface area contributed by atoms with Gasteiger partial charge >= 0.3 is 6.03 Å². The zero-order chi connectivity index (χ0) is 32.3. The molecule has 2 aliphatic rings. The molecule has 4 atom stereocenters. The molecule has 0 aromatic heterocycles. The summed E-state index contributed by atoms with van der Waals surface area (Å²) in [6, 6.07) is -3.15. The number of amides is 5. The highest BCUT2D eigenvalue weighted by molar-refractivity contribution is 7.92. The second kappa shape index (κ2) is 17.2. The highest BCUT2D eigenvalue weighted by atomic mass is 32.2. The molecule has 0 radical (unpaired) electrons. The van der Waals surface area contributed by atoms with Gasteiger partial charge in [0, 0.05) is 26.7 Å². The van der Waals surface area contributed by atoms with Gasteiger partial charge < -0.3 is 30.9 Å². The third-order valence-electron chi connectivity index (χ3n) is 7.86. The SMILES string of the molecule is CCN(CCOC)C(=O)C(NC(=O)NC(C(=O)N1CCCC1COSNC(CC1CC1)C(=O)C(N)=O)C(C)(C)C)C(C)C. The van der Waals surface area contributed by atoms with E-state index >= 15 is 0 Å². The molecule has 4 unspecified atom stereocenters. The van der Waals surface area contributed by atoms with E-state index in [4.69, 9.17) is 14.7 Å². The second-order valence-electron chi connectivity index (χ2n) is 12.8. The monoisotopic (exact) mass is 628 g/mol. The first kappa shape index (κ1) is 36.8. The van der Waals surface area contributed by atoms with Gasteiger partial charge in [0.15, 0.2) is 0 Å². The van der Waals surface area contributed by atoms with Gasteiger partial charge in [0.25, 0.3) is 5.91 Å². The van der Waals surface area contributed by atoms with Gasteiger partial charge in [-0.15, -0.1) is 0 Å². The normalized spacial score (nSPS) is 19.1. The van der Waals surface area contributed by atoms with E-state index in [0.717, 1.165) is 37.9 Å². The van der Waals surface area contributed by atoms with Crippen LogP contribution in [0, 0.1) is 17.3 Å². The Labute approximate surface area is 260 Å². The summed E-state index contributed by atoms with van der Waals surface area (Å²) in [4.78, 5) is 67.2. The second-order valence-corrected chi connectivity index (χ2v) is 13.5. The van der Waals surface area contributed by atoms with Crippen molar-refractivity contribution < 1.29 is 32.9 Å². The first-order valence-corrected chi connectivity index (χ1v) is 16.0. The van der Waals surface area contributed by atoms with Crippen LogP contribution in [0.4, 0.5) is 4.79 Å². The standard InChI is InChI=1S/C29H52N6O7S/c1-8-34(14-15-41-7)26(38)22(18(2)3)31-28(40)32-24(29(4,5)6)27(39)35-13-9-10-20(35)17-42-43-33-21(16-19-11-12-19)23(36)25(30)37/h18-22,24,33H,8-17H2,1-7H3,(H2,30,37)(H2,31,32,40). The minimum atomic E-state index is -0.978. The molecule has 14 heteroatoms. The van der Waals surface area contributed by atoms with Crippen LogP contribution in [0.1, 0.15) is 73.6 Å². The lowest BCUT2D eigenvalue weighted by Gasteiger charge is -2.36. The Balaban J connectivity index is 2.01. The number of hydrogen-bond donors (Lipinski definition) is 4. The molecule has 1 saturated heterocycles. The molecule has 246 valence electrons. The van der Waals surface area contributed by atoms with Crippen molar-refractivity contribution >= 4 is 41.8 Å². The van der Waals surface area contributed by atoms with Gasteiger partial charge in [-0.05, 0) is 43.4 Å². The first-order valence-electron chi connectivity index (χ1n) is 15.2. The van der Waals surface area contributed by atoms with Crippen LogP contribution in [0.2, 0.25) is 0 Å². The predicted octanol–water partition coefficient (Wildman–Crippen LogP) is 1.60. The Hall–Kier alpha value is -2.42. The van der Waals surface area contributed by atoms with E-state index in [0.29, 0.717) is 38.6 Å². The molecule has 1 aliphatic carbocycles. The van der Waals surface area contributed by atoms with Crippen molar-refractivity contribution in [3.8, 4) is 0 Å². The number of nitrogens with zero attached hydrogens (tertiary/aromatic N) is 2. The van der Waals surface area contributed by atoms with Crippen molar-refractivity contribution in [2.75, 3.05) is 40.0 Å². The molecule has 0 bridgehead atoms. The molecule has 43 heavy (non-hydrogen) atoms. The molecule has 13 nitrogen and oxygen atoms in total. The molecule has 5 amide bonds. The van der Waals surface area contributed by atoms with Crippen molar-refractivity contribution in [3.63, 3.8) is 0 Å². The Morgan fingerprint density at radius 2 is 1.77 bits per heavy atom. The maximum Gasteiger partial charge on any atom is 0.316 e. The number of hydrogen-bond acceptors (Lipinski definition) is 9. The summed E-state index contributed by atoms with van der Waals surface area (Å²) in [6.07, 6.45) is 4.08. The number of nitrogens with two attached hydrogens (primary N) is 1. The zero-order valence-corrected chi connectivity index (χ0v) is 27.6. The van der Waals surface area contributed by atoms with Crippen LogP contribution in [-0.4, -0.2) is 103 Å². The minimum Gasteiger partial charge on any atom is -0.383 e. The third-order valence-corrected chi connectivity index (χ3v) is 8.50. The van der Waals surface area contributed by atoms with E-state index in [1.165, 1.54) is 0 Å². The van der Waals surface area contributed by atoms with E-state index in [1.54, 1.807) is 16.9 Å². The highest BCUT2D eigenvalue weighted by Crippen LogP contribution is 2.34. The van der Waals surface area contributed by atoms with Gasteiger partial charge in [-0.25, -0.2) is 9.52 Å². The number of rotatable bonds is 18. The summed E-state index contributed by atoms with van der Waals surface area (Å²) < 4.78 is 13.8.